The van der Waals surface area contributed by atoms with Crippen LogP contribution >= 0.6 is 8.25 Å². The van der Waals surface area contributed by atoms with Crippen LogP contribution in [-0.2, 0) is 17.4 Å². The van der Waals surface area contributed by atoms with Crippen molar-refractivity contribution in [2.45, 2.75) is 52.4 Å². The third-order valence-electron chi connectivity index (χ3n) is 6.28. The molecule has 4 heteroatoms. The van der Waals surface area contributed by atoms with Gasteiger partial charge in [0.25, 0.3) is 0 Å². The summed E-state index contributed by atoms with van der Waals surface area (Å²) in [5.41, 5.74) is 7.21. The standard InChI is InChI=1S/C32H34O3P/c1-3-5-7-25-9-13-27(14-10-25)29-17-21-31(22-18-29)34-36(33)35-32-23-19-30(20-24-32)28-15-11-26(12-16-28)8-6-4-2/h9-24H,3-8H2,1-2H3/q+1. The van der Waals surface area contributed by atoms with Gasteiger partial charge in [0.15, 0.2) is 11.5 Å². The first-order valence-corrected chi connectivity index (χ1v) is 14.0. The minimum absolute atomic E-state index is 0.513. The van der Waals surface area contributed by atoms with Crippen LogP contribution in [0.2, 0.25) is 0 Å². The monoisotopic (exact) mass is 497 g/mol. The average molecular weight is 498 g/mol. The van der Waals surface area contributed by atoms with E-state index in [0.29, 0.717) is 11.5 Å². The molecule has 0 amide bonds. The number of aryl methyl sites for hydroxylation is 2. The highest BCUT2D eigenvalue weighted by molar-refractivity contribution is 7.34. The normalized spacial score (nSPS) is 10.7. The molecule has 4 rings (SSSR count). The zero-order valence-electron chi connectivity index (χ0n) is 21.2. The van der Waals surface area contributed by atoms with Gasteiger partial charge in [0.1, 0.15) is 0 Å². The second-order valence-corrected chi connectivity index (χ2v) is 9.87. The van der Waals surface area contributed by atoms with E-state index in [1.807, 2.05) is 48.5 Å². The third-order valence-corrected chi connectivity index (χ3v) is 7.00. The highest BCUT2D eigenvalue weighted by Gasteiger charge is 2.24. The number of unbranched alkanes of at least 4 members (excludes halogenated alkanes) is 2. The van der Waals surface area contributed by atoms with Crippen molar-refractivity contribution in [2.75, 3.05) is 0 Å². The van der Waals surface area contributed by atoms with Crippen molar-refractivity contribution in [3.8, 4) is 33.8 Å². The predicted octanol–water partition coefficient (Wildman–Crippen LogP) is 9.82. The molecule has 0 radical (unpaired) electrons. The van der Waals surface area contributed by atoms with Crippen LogP contribution in [0.3, 0.4) is 0 Å². The Hall–Kier alpha value is -3.42. The van der Waals surface area contributed by atoms with Crippen LogP contribution in [0.5, 0.6) is 11.5 Å². The lowest BCUT2D eigenvalue weighted by molar-refractivity contribution is 0.415. The van der Waals surface area contributed by atoms with E-state index in [4.69, 9.17) is 9.05 Å². The van der Waals surface area contributed by atoms with Crippen LogP contribution < -0.4 is 9.05 Å². The Balaban J connectivity index is 1.30. The van der Waals surface area contributed by atoms with E-state index < -0.39 is 8.25 Å². The minimum Gasteiger partial charge on any atom is -0.222 e. The van der Waals surface area contributed by atoms with Gasteiger partial charge in [0.05, 0.1) is 0 Å². The maximum Gasteiger partial charge on any atom is 0.805 e. The van der Waals surface area contributed by atoms with Crippen LogP contribution in [0.1, 0.15) is 50.7 Å². The van der Waals surface area contributed by atoms with Gasteiger partial charge in [0, 0.05) is 4.57 Å². The van der Waals surface area contributed by atoms with Crippen molar-refractivity contribution < 1.29 is 13.6 Å². The summed E-state index contributed by atoms with van der Waals surface area (Å²) in [6.45, 7) is 4.42. The SMILES string of the molecule is CCCCc1ccc(-c2ccc(O[P+](=O)Oc3ccc(-c4ccc(CCCC)cc4)cc3)cc2)cc1. The van der Waals surface area contributed by atoms with Crippen molar-refractivity contribution in [3.05, 3.63) is 108 Å². The Morgan fingerprint density at radius 3 is 1.11 bits per heavy atom. The van der Waals surface area contributed by atoms with E-state index in [1.165, 1.54) is 36.8 Å². The maximum absolute atomic E-state index is 12.4. The second kappa shape index (κ2) is 13.0. The summed E-state index contributed by atoms with van der Waals surface area (Å²) < 4.78 is 23.5. The van der Waals surface area contributed by atoms with Gasteiger partial charge in [-0.05, 0) is 83.3 Å². The Labute approximate surface area is 216 Å². The molecule has 0 aliphatic heterocycles. The van der Waals surface area contributed by atoms with Gasteiger partial charge in [-0.1, -0.05) is 99.5 Å². The minimum atomic E-state index is -2.33. The Bertz CT molecular complexity index is 1130. The molecule has 0 aliphatic carbocycles. The number of hydrogen-bond donors (Lipinski definition) is 0. The van der Waals surface area contributed by atoms with Gasteiger partial charge in [-0.25, -0.2) is 9.05 Å². The zero-order chi connectivity index (χ0) is 25.2. The maximum atomic E-state index is 12.4. The average Bonchev–Trinajstić information content (AvgIpc) is 2.92. The molecule has 0 bridgehead atoms. The summed E-state index contributed by atoms with van der Waals surface area (Å²) in [7, 11) is -2.33. The van der Waals surface area contributed by atoms with Gasteiger partial charge in [0.2, 0.25) is 0 Å². The first kappa shape index (κ1) is 25.7. The summed E-state index contributed by atoms with van der Waals surface area (Å²) in [5.74, 6) is 1.03. The van der Waals surface area contributed by atoms with Crippen molar-refractivity contribution in [2.24, 2.45) is 0 Å². The molecule has 3 nitrogen and oxygen atoms in total. The van der Waals surface area contributed by atoms with Gasteiger partial charge in [-0.15, -0.1) is 0 Å². The molecule has 0 aromatic heterocycles. The lowest BCUT2D eigenvalue weighted by atomic mass is 10.0. The van der Waals surface area contributed by atoms with Crippen molar-refractivity contribution >= 4 is 8.25 Å². The highest BCUT2D eigenvalue weighted by atomic mass is 31.1. The van der Waals surface area contributed by atoms with Crippen LogP contribution in [0, 0.1) is 0 Å². The fraction of sp³-hybridized carbons (Fsp3) is 0.250. The molecule has 4 aromatic rings. The molecule has 0 atom stereocenters. The van der Waals surface area contributed by atoms with E-state index in [2.05, 4.69) is 62.4 Å². The molecule has 0 spiro atoms. The number of benzene rings is 4. The molecule has 4 aromatic carbocycles. The topological polar surface area (TPSA) is 35.5 Å². The lowest BCUT2D eigenvalue weighted by Crippen LogP contribution is -1.90. The van der Waals surface area contributed by atoms with Gasteiger partial charge < -0.3 is 0 Å². The molecule has 36 heavy (non-hydrogen) atoms. The summed E-state index contributed by atoms with van der Waals surface area (Å²) in [5, 5.41) is 0. The molecule has 0 fully saturated rings. The van der Waals surface area contributed by atoms with E-state index >= 15 is 0 Å². The van der Waals surface area contributed by atoms with Crippen LogP contribution in [0.15, 0.2) is 97.1 Å². The van der Waals surface area contributed by atoms with E-state index in [0.717, 1.165) is 35.1 Å². The van der Waals surface area contributed by atoms with Gasteiger partial charge in [-0.2, -0.15) is 0 Å². The lowest BCUT2D eigenvalue weighted by Gasteiger charge is -2.05. The van der Waals surface area contributed by atoms with Crippen LogP contribution in [0.4, 0.5) is 0 Å². The fourth-order valence-corrected chi connectivity index (χ4v) is 4.72. The third kappa shape index (κ3) is 7.29. The van der Waals surface area contributed by atoms with Crippen molar-refractivity contribution in [1.29, 1.82) is 0 Å². The summed E-state index contributed by atoms with van der Waals surface area (Å²) in [4.78, 5) is 0. The Morgan fingerprint density at radius 2 is 0.806 bits per heavy atom. The molecule has 0 saturated heterocycles. The van der Waals surface area contributed by atoms with Crippen LogP contribution in [0.25, 0.3) is 22.3 Å². The summed E-state index contributed by atoms with van der Waals surface area (Å²) in [6.07, 6.45) is 7.06. The predicted molar refractivity (Wildman–Crippen MR) is 150 cm³/mol. The quantitative estimate of drug-likeness (QED) is 0.183. The Morgan fingerprint density at radius 1 is 0.500 bits per heavy atom. The Kier molecular flexibility index (Phi) is 9.30. The molecule has 0 aliphatic rings. The van der Waals surface area contributed by atoms with Gasteiger partial charge in [-0.3, -0.25) is 0 Å². The van der Waals surface area contributed by atoms with Gasteiger partial charge >= 0.3 is 8.25 Å². The first-order valence-electron chi connectivity index (χ1n) is 12.9. The molecular formula is C32H34O3P+. The summed E-state index contributed by atoms with van der Waals surface area (Å²) in [6, 6.07) is 32.5. The number of rotatable bonds is 12. The summed E-state index contributed by atoms with van der Waals surface area (Å²) >= 11 is 0. The molecule has 0 N–H and O–H groups in total. The fourth-order valence-electron chi connectivity index (χ4n) is 4.10. The van der Waals surface area contributed by atoms with E-state index in [9.17, 15) is 4.57 Å². The smallest absolute Gasteiger partial charge is 0.222 e. The van der Waals surface area contributed by atoms with Crippen molar-refractivity contribution in [1.82, 2.24) is 0 Å². The highest BCUT2D eigenvalue weighted by Crippen LogP contribution is 2.33. The zero-order valence-corrected chi connectivity index (χ0v) is 22.0. The van der Waals surface area contributed by atoms with Crippen molar-refractivity contribution in [3.63, 3.8) is 0 Å². The second-order valence-electron chi connectivity index (χ2n) is 9.06. The largest absolute Gasteiger partial charge is 0.805 e. The number of hydrogen-bond acceptors (Lipinski definition) is 3. The van der Waals surface area contributed by atoms with Crippen LogP contribution in [-0.4, -0.2) is 0 Å². The molecule has 0 unspecified atom stereocenters. The molecular weight excluding hydrogens is 463 g/mol. The van der Waals surface area contributed by atoms with E-state index in [1.54, 1.807) is 0 Å². The molecule has 0 saturated carbocycles. The first-order chi connectivity index (χ1) is 17.6. The van der Waals surface area contributed by atoms with E-state index in [-0.39, 0.29) is 0 Å². The molecule has 184 valence electrons. The molecule has 0 heterocycles.